The number of hydrogen-bond donors (Lipinski definition) is 0. The van der Waals surface area contributed by atoms with Crippen LogP contribution in [-0.4, -0.2) is 32.0 Å². The fourth-order valence-electron chi connectivity index (χ4n) is 3.47. The summed E-state index contributed by atoms with van der Waals surface area (Å²) in [4.78, 5) is 0. The molecule has 1 aromatic heterocycles. The summed E-state index contributed by atoms with van der Waals surface area (Å²) in [5.41, 5.74) is 4.08. The van der Waals surface area contributed by atoms with Crippen molar-refractivity contribution in [3.05, 3.63) is 95.6 Å². The van der Waals surface area contributed by atoms with Crippen molar-refractivity contribution >= 4 is 56.5 Å². The summed E-state index contributed by atoms with van der Waals surface area (Å²) in [5.74, 6) is 0.889. The van der Waals surface area contributed by atoms with Gasteiger partial charge < -0.3 is 38.4 Å². The van der Waals surface area contributed by atoms with Gasteiger partial charge in [-0.3, -0.25) is 0 Å². The SMILES string of the molecule is [I-].[Mg+2].[O-]c1c(CCI)c2ccc(OCc3ccccc3)cc2n1Cc1ccccc1. The van der Waals surface area contributed by atoms with Crippen molar-refractivity contribution in [1.82, 2.24) is 4.57 Å². The number of aromatic nitrogens is 1. The second kappa shape index (κ2) is 12.2. The first kappa shape index (κ1) is 25.3. The van der Waals surface area contributed by atoms with Crippen LogP contribution in [0.25, 0.3) is 10.9 Å². The molecule has 150 valence electrons. The minimum atomic E-state index is 0. The molecule has 3 aromatic carbocycles. The number of hydrogen-bond acceptors (Lipinski definition) is 2. The van der Waals surface area contributed by atoms with E-state index in [4.69, 9.17) is 4.74 Å². The molecule has 0 atom stereocenters. The summed E-state index contributed by atoms with van der Waals surface area (Å²) < 4.78 is 8.79. The first-order valence-electron chi connectivity index (χ1n) is 9.35. The van der Waals surface area contributed by atoms with Gasteiger partial charge in [0.2, 0.25) is 0 Å². The molecule has 3 nitrogen and oxygen atoms in total. The zero-order chi connectivity index (χ0) is 19.3. The van der Waals surface area contributed by atoms with E-state index in [-0.39, 0.29) is 52.9 Å². The molecule has 6 heteroatoms. The van der Waals surface area contributed by atoms with Crippen LogP contribution in [-0.2, 0) is 19.6 Å². The second-order valence-electron chi connectivity index (χ2n) is 6.75. The third-order valence-electron chi connectivity index (χ3n) is 4.86. The van der Waals surface area contributed by atoms with Gasteiger partial charge in [0.05, 0.1) is 5.52 Å². The van der Waals surface area contributed by atoms with Crippen LogP contribution in [0.3, 0.4) is 0 Å². The zero-order valence-corrected chi connectivity index (χ0v) is 22.3. The fourth-order valence-corrected chi connectivity index (χ4v) is 4.01. The third kappa shape index (κ3) is 5.83. The molecule has 0 bridgehead atoms. The number of aryl methyl sites for hydroxylation is 1. The van der Waals surface area contributed by atoms with E-state index in [0.717, 1.165) is 44.2 Å². The maximum absolute atomic E-state index is 13.1. The summed E-state index contributed by atoms with van der Waals surface area (Å²) >= 11 is 2.33. The molecule has 1 heterocycles. The van der Waals surface area contributed by atoms with E-state index in [0.29, 0.717) is 13.2 Å². The number of ether oxygens (including phenoxy) is 1. The van der Waals surface area contributed by atoms with Crippen molar-refractivity contribution in [2.45, 2.75) is 19.6 Å². The van der Waals surface area contributed by atoms with Gasteiger partial charge in [-0.15, -0.1) is 0 Å². The van der Waals surface area contributed by atoms with Crippen LogP contribution in [0.4, 0.5) is 0 Å². The van der Waals surface area contributed by atoms with Crippen molar-refractivity contribution in [3.63, 3.8) is 0 Å². The quantitative estimate of drug-likeness (QED) is 0.177. The largest absolute Gasteiger partial charge is 2.00 e. The molecule has 0 aliphatic rings. The first-order valence-corrected chi connectivity index (χ1v) is 10.9. The second-order valence-corrected chi connectivity index (χ2v) is 7.83. The van der Waals surface area contributed by atoms with Crippen LogP contribution in [0.1, 0.15) is 16.7 Å². The molecule has 0 unspecified atom stereocenters. The topological polar surface area (TPSA) is 37.2 Å². The molecule has 0 aliphatic carbocycles. The molecule has 0 amide bonds. The van der Waals surface area contributed by atoms with Gasteiger partial charge in [0.25, 0.3) is 0 Å². The Bertz CT molecular complexity index is 1070. The maximum atomic E-state index is 13.1. The third-order valence-corrected chi connectivity index (χ3v) is 5.40. The van der Waals surface area contributed by atoms with E-state index >= 15 is 0 Å². The van der Waals surface area contributed by atoms with Crippen LogP contribution in [0.2, 0.25) is 0 Å². The Kier molecular flexibility index (Phi) is 10.3. The summed E-state index contributed by atoms with van der Waals surface area (Å²) in [6, 6.07) is 26.2. The van der Waals surface area contributed by atoms with Crippen molar-refractivity contribution in [2.24, 2.45) is 0 Å². The number of nitrogens with zero attached hydrogens (tertiary/aromatic N) is 1. The Hall–Kier alpha value is -0.974. The average molecular weight is 634 g/mol. The smallest absolute Gasteiger partial charge is 1.00 e. The van der Waals surface area contributed by atoms with Crippen LogP contribution in [0, 0.1) is 0 Å². The molecular formula is C24H21I2MgNO2. The van der Waals surface area contributed by atoms with E-state index in [9.17, 15) is 5.11 Å². The maximum Gasteiger partial charge on any atom is 2.00 e. The molecule has 0 aliphatic heterocycles. The molecule has 0 spiro atoms. The summed E-state index contributed by atoms with van der Waals surface area (Å²) in [6.45, 7) is 1.08. The van der Waals surface area contributed by atoms with E-state index < -0.39 is 0 Å². The Morgan fingerprint density at radius 1 is 0.867 bits per heavy atom. The van der Waals surface area contributed by atoms with Gasteiger partial charge in [0, 0.05) is 22.4 Å². The predicted octanol–water partition coefficient (Wildman–Crippen LogP) is 1.94. The molecule has 0 saturated heterocycles. The summed E-state index contributed by atoms with van der Waals surface area (Å²) in [6.07, 6.45) is 0.780. The Morgan fingerprint density at radius 2 is 1.50 bits per heavy atom. The Balaban J connectivity index is 0.00000160. The van der Waals surface area contributed by atoms with Gasteiger partial charge >= 0.3 is 23.1 Å². The van der Waals surface area contributed by atoms with Crippen LogP contribution in [0.15, 0.2) is 78.9 Å². The predicted molar refractivity (Wildman–Crippen MR) is 126 cm³/mol. The van der Waals surface area contributed by atoms with E-state index in [1.807, 2.05) is 71.3 Å². The number of benzene rings is 3. The number of halogens is 2. The molecule has 0 radical (unpaired) electrons. The van der Waals surface area contributed by atoms with Crippen molar-refractivity contribution in [1.29, 1.82) is 0 Å². The van der Waals surface area contributed by atoms with Crippen LogP contribution in [0.5, 0.6) is 11.6 Å². The van der Waals surface area contributed by atoms with E-state index in [2.05, 4.69) is 34.7 Å². The summed E-state index contributed by atoms with van der Waals surface area (Å²) in [7, 11) is 0. The molecule has 0 saturated carbocycles. The first-order chi connectivity index (χ1) is 13.8. The minimum Gasteiger partial charge on any atom is -1.00 e. The Labute approximate surface area is 224 Å². The van der Waals surface area contributed by atoms with Crippen molar-refractivity contribution < 1.29 is 33.8 Å². The molecular weight excluding hydrogens is 612 g/mol. The van der Waals surface area contributed by atoms with Gasteiger partial charge in [-0.25, -0.2) is 0 Å². The molecule has 0 fully saturated rings. The van der Waals surface area contributed by atoms with Gasteiger partial charge in [-0.05, 0) is 41.1 Å². The van der Waals surface area contributed by atoms with Gasteiger partial charge in [0.1, 0.15) is 12.4 Å². The average Bonchev–Trinajstić information content (AvgIpc) is 2.99. The van der Waals surface area contributed by atoms with Crippen LogP contribution < -0.4 is 33.8 Å². The number of fused-ring (bicyclic) bond motifs is 1. The summed E-state index contributed by atoms with van der Waals surface area (Å²) in [5, 5.41) is 14.1. The Morgan fingerprint density at radius 3 is 2.13 bits per heavy atom. The number of alkyl halides is 1. The molecule has 4 aromatic rings. The van der Waals surface area contributed by atoms with Crippen molar-refractivity contribution in [2.75, 3.05) is 4.43 Å². The number of rotatable bonds is 7. The van der Waals surface area contributed by atoms with Crippen molar-refractivity contribution in [3.8, 4) is 11.6 Å². The minimum absolute atomic E-state index is 0. The van der Waals surface area contributed by atoms with Crippen LogP contribution >= 0.6 is 22.6 Å². The van der Waals surface area contributed by atoms with E-state index in [1.54, 1.807) is 0 Å². The van der Waals surface area contributed by atoms with Gasteiger partial charge in [-0.2, -0.15) is 0 Å². The molecule has 4 rings (SSSR count). The van der Waals surface area contributed by atoms with E-state index in [1.165, 1.54) is 0 Å². The molecule has 30 heavy (non-hydrogen) atoms. The fraction of sp³-hybridized carbons (Fsp3) is 0.167. The van der Waals surface area contributed by atoms with Gasteiger partial charge in [-0.1, -0.05) is 83.3 Å². The zero-order valence-electron chi connectivity index (χ0n) is 16.6. The monoisotopic (exact) mass is 633 g/mol. The normalized spacial score (nSPS) is 10.3. The standard InChI is InChI=1S/C24H22INO2.HI.Mg/c25-14-13-22-21-12-11-20(28-17-19-9-5-2-6-10-19)15-23(21)26(24(22)27)16-18-7-3-1-4-8-18;;/h1-12,15,27H,13-14,16-17H2;1H;/q;;+2/p-2. The molecule has 0 N–H and O–H groups in total. The van der Waals surface area contributed by atoms with Gasteiger partial charge in [0.15, 0.2) is 0 Å².